The van der Waals surface area contributed by atoms with Gasteiger partial charge >= 0.3 is 0 Å². The highest BCUT2D eigenvalue weighted by Crippen LogP contribution is 2.31. The standard InChI is InChI=1S/C18H12N2O2S.C15H11NO.C3H3NO2S/c21-17-16(23-18(22)19-17)10-12-11-20(13-6-2-1-3-7-13)15-9-5-4-8-14(12)15;17-11-12-10-16(13-6-2-1-3-7-13)15-9-5-4-8-14(12)15;5-2-1-7-3(6)4-2/h1-11H,(H,19,21,22);1-11H;1H2,(H,4,5,6)/b16-10-;;. The van der Waals surface area contributed by atoms with Crippen molar-refractivity contribution in [3.05, 3.63) is 138 Å². The Morgan fingerprint density at radius 1 is 0.596 bits per heavy atom. The molecule has 2 aliphatic rings. The summed E-state index contributed by atoms with van der Waals surface area (Å²) in [5.41, 5.74) is 5.87. The van der Waals surface area contributed by atoms with E-state index in [1.165, 1.54) is 0 Å². The van der Waals surface area contributed by atoms with Crippen LogP contribution < -0.4 is 10.6 Å². The van der Waals surface area contributed by atoms with Crippen molar-refractivity contribution in [3.63, 3.8) is 0 Å². The fourth-order valence-corrected chi connectivity index (χ4v) is 6.30. The van der Waals surface area contributed by atoms with Gasteiger partial charge in [0.1, 0.15) is 0 Å². The molecule has 0 atom stereocenters. The molecular formula is C36H26N4O5S2. The number of hydrogen-bond donors (Lipinski definition) is 2. The maximum atomic E-state index is 11.8. The first kappa shape index (κ1) is 31.3. The number of imide groups is 2. The number of carbonyl (C=O) groups excluding carboxylic acids is 5. The number of hydrogen-bond acceptors (Lipinski definition) is 7. The Hall–Kier alpha value is -5.65. The summed E-state index contributed by atoms with van der Waals surface area (Å²) in [5, 5.41) is 5.86. The normalized spacial score (nSPS) is 14.8. The van der Waals surface area contributed by atoms with Gasteiger partial charge in [0.15, 0.2) is 6.29 Å². The molecule has 6 aromatic rings. The first-order valence-corrected chi connectivity index (χ1v) is 16.2. The van der Waals surface area contributed by atoms with E-state index in [1.807, 2.05) is 126 Å². The number of aromatic nitrogens is 2. The fourth-order valence-electron chi connectivity index (χ4n) is 5.10. The fraction of sp³-hybridized carbons (Fsp3) is 0.0278. The lowest BCUT2D eigenvalue weighted by Crippen LogP contribution is -2.18. The smallest absolute Gasteiger partial charge is 0.290 e. The Labute approximate surface area is 277 Å². The molecule has 0 unspecified atom stereocenters. The van der Waals surface area contributed by atoms with Crippen LogP contribution in [-0.4, -0.2) is 43.5 Å². The van der Waals surface area contributed by atoms with Gasteiger partial charge in [0.25, 0.3) is 16.4 Å². The molecule has 232 valence electrons. The molecule has 2 aromatic heterocycles. The van der Waals surface area contributed by atoms with E-state index < -0.39 is 0 Å². The highest BCUT2D eigenvalue weighted by atomic mass is 32.2. The molecule has 0 radical (unpaired) electrons. The Bertz CT molecular complexity index is 2160. The van der Waals surface area contributed by atoms with E-state index in [0.29, 0.717) is 10.7 Å². The summed E-state index contributed by atoms with van der Waals surface area (Å²) in [7, 11) is 0. The van der Waals surface area contributed by atoms with Gasteiger partial charge in [-0.2, -0.15) is 0 Å². The van der Waals surface area contributed by atoms with Crippen molar-refractivity contribution >= 4 is 80.0 Å². The maximum absolute atomic E-state index is 11.8. The number of rotatable bonds is 4. The molecule has 9 nitrogen and oxygen atoms in total. The first-order valence-electron chi connectivity index (χ1n) is 14.4. The number of fused-ring (bicyclic) bond motifs is 2. The van der Waals surface area contributed by atoms with E-state index in [4.69, 9.17) is 0 Å². The van der Waals surface area contributed by atoms with E-state index >= 15 is 0 Å². The largest absolute Gasteiger partial charge is 0.316 e. The molecule has 0 aliphatic carbocycles. The van der Waals surface area contributed by atoms with Gasteiger partial charge in [-0.1, -0.05) is 84.6 Å². The van der Waals surface area contributed by atoms with Crippen LogP contribution in [0.5, 0.6) is 0 Å². The van der Waals surface area contributed by atoms with Gasteiger partial charge in [0, 0.05) is 45.7 Å². The second kappa shape index (κ2) is 14.2. The Morgan fingerprint density at radius 3 is 1.55 bits per heavy atom. The molecule has 4 heterocycles. The number of nitrogens with one attached hydrogen (secondary N) is 2. The lowest BCUT2D eigenvalue weighted by atomic mass is 10.1. The van der Waals surface area contributed by atoms with Crippen LogP contribution in [0.2, 0.25) is 0 Å². The average molecular weight is 659 g/mol. The van der Waals surface area contributed by atoms with Gasteiger partial charge < -0.3 is 9.13 Å². The number of nitrogens with zero attached hydrogens (tertiary/aromatic N) is 2. The number of thioether (sulfide) groups is 2. The number of aldehydes is 1. The molecule has 0 bridgehead atoms. The quantitative estimate of drug-likeness (QED) is 0.150. The molecule has 2 N–H and O–H groups in total. The number of carbonyl (C=O) groups is 5. The topological polar surface area (TPSA) is 119 Å². The second-order valence-electron chi connectivity index (χ2n) is 10.2. The summed E-state index contributed by atoms with van der Waals surface area (Å²) in [6.07, 6.45) is 6.55. The van der Waals surface area contributed by atoms with Gasteiger partial charge in [-0.3, -0.25) is 34.6 Å². The summed E-state index contributed by atoms with van der Waals surface area (Å²) in [6, 6.07) is 36.0. The minimum absolute atomic E-state index is 0.185. The zero-order valence-corrected chi connectivity index (χ0v) is 26.3. The molecule has 0 spiro atoms. The third-order valence-electron chi connectivity index (χ3n) is 7.19. The minimum Gasteiger partial charge on any atom is -0.316 e. The van der Waals surface area contributed by atoms with E-state index in [-0.39, 0.29) is 22.3 Å². The predicted molar refractivity (Wildman–Crippen MR) is 187 cm³/mol. The summed E-state index contributed by atoms with van der Waals surface area (Å²) in [4.78, 5) is 54.8. The van der Waals surface area contributed by atoms with Gasteiger partial charge in [-0.05, 0) is 54.2 Å². The Morgan fingerprint density at radius 2 is 1.11 bits per heavy atom. The van der Waals surface area contributed by atoms with Gasteiger partial charge in [0.05, 0.1) is 21.7 Å². The molecule has 8 rings (SSSR count). The molecule has 11 heteroatoms. The average Bonchev–Trinajstić information content (AvgIpc) is 3.86. The molecule has 2 aliphatic heterocycles. The van der Waals surface area contributed by atoms with Gasteiger partial charge in [-0.25, -0.2) is 0 Å². The molecule has 47 heavy (non-hydrogen) atoms. The van der Waals surface area contributed by atoms with E-state index in [9.17, 15) is 24.0 Å². The number of amides is 4. The molecule has 4 aromatic carbocycles. The van der Waals surface area contributed by atoms with Crippen molar-refractivity contribution in [2.24, 2.45) is 0 Å². The lowest BCUT2D eigenvalue weighted by molar-refractivity contribution is -0.117. The van der Waals surface area contributed by atoms with Gasteiger partial charge in [0.2, 0.25) is 5.91 Å². The third kappa shape index (κ3) is 7.11. The zero-order valence-electron chi connectivity index (χ0n) is 24.7. The van der Waals surface area contributed by atoms with Crippen LogP contribution in [-0.2, 0) is 9.59 Å². The highest BCUT2D eigenvalue weighted by Gasteiger charge is 2.25. The number of benzene rings is 4. The van der Waals surface area contributed by atoms with E-state index in [2.05, 4.69) is 15.2 Å². The van der Waals surface area contributed by atoms with Crippen LogP contribution in [0, 0.1) is 0 Å². The van der Waals surface area contributed by atoms with Crippen LogP contribution in [0.15, 0.2) is 126 Å². The van der Waals surface area contributed by atoms with Crippen LogP contribution in [0.4, 0.5) is 9.59 Å². The molecule has 0 saturated carbocycles. The van der Waals surface area contributed by atoms with Crippen molar-refractivity contribution in [2.45, 2.75) is 0 Å². The van der Waals surface area contributed by atoms with Crippen molar-refractivity contribution in [2.75, 3.05) is 5.75 Å². The zero-order chi connectivity index (χ0) is 32.8. The number of para-hydroxylation sites is 4. The van der Waals surface area contributed by atoms with Crippen molar-refractivity contribution in [1.29, 1.82) is 0 Å². The van der Waals surface area contributed by atoms with E-state index in [1.54, 1.807) is 6.08 Å². The van der Waals surface area contributed by atoms with E-state index in [0.717, 1.165) is 74.1 Å². The highest BCUT2D eigenvalue weighted by molar-refractivity contribution is 8.18. The maximum Gasteiger partial charge on any atom is 0.290 e. The Kier molecular flexibility index (Phi) is 9.46. The van der Waals surface area contributed by atoms with Crippen LogP contribution in [0.1, 0.15) is 15.9 Å². The predicted octanol–water partition coefficient (Wildman–Crippen LogP) is 7.37. The van der Waals surface area contributed by atoms with Crippen LogP contribution in [0.3, 0.4) is 0 Å². The van der Waals surface area contributed by atoms with Crippen molar-refractivity contribution < 1.29 is 24.0 Å². The first-order chi connectivity index (χ1) is 22.9. The SMILES string of the molecule is O=C1CSC(=O)N1.O=C1NC(=O)/C(=C/c2cn(-c3ccccc3)c3ccccc23)S1.O=Cc1cn(-c2ccccc2)c2ccccc12. The summed E-state index contributed by atoms with van der Waals surface area (Å²) in [5.74, 6) is -0.231. The monoisotopic (exact) mass is 658 g/mol. The summed E-state index contributed by atoms with van der Waals surface area (Å²) in [6.45, 7) is 0. The summed E-state index contributed by atoms with van der Waals surface area (Å²) < 4.78 is 4.13. The molecule has 2 fully saturated rings. The Balaban J connectivity index is 0.000000141. The minimum atomic E-state index is -0.337. The van der Waals surface area contributed by atoms with Crippen LogP contribution in [0.25, 0.3) is 39.3 Å². The third-order valence-corrected chi connectivity index (χ3v) is 8.77. The molecule has 4 amide bonds. The summed E-state index contributed by atoms with van der Waals surface area (Å²) >= 11 is 1.94. The van der Waals surface area contributed by atoms with Crippen molar-refractivity contribution in [3.8, 4) is 11.4 Å². The second-order valence-corrected chi connectivity index (χ2v) is 12.2. The molecular weight excluding hydrogens is 633 g/mol. The van der Waals surface area contributed by atoms with Gasteiger partial charge in [-0.15, -0.1) is 0 Å². The molecule has 2 saturated heterocycles. The lowest BCUT2D eigenvalue weighted by Gasteiger charge is -2.04. The van der Waals surface area contributed by atoms with Crippen LogP contribution >= 0.6 is 23.5 Å². The van der Waals surface area contributed by atoms with Crippen molar-refractivity contribution in [1.82, 2.24) is 19.8 Å².